The Labute approximate surface area is 127 Å². The van der Waals surface area contributed by atoms with Crippen molar-refractivity contribution in [2.75, 3.05) is 11.9 Å². The number of furan rings is 1. The van der Waals surface area contributed by atoms with Crippen LogP contribution in [0.4, 0.5) is 11.5 Å². The Balaban J connectivity index is 2.24. The van der Waals surface area contributed by atoms with Gasteiger partial charge >= 0.3 is 5.69 Å². The van der Waals surface area contributed by atoms with E-state index in [1.54, 1.807) is 19.1 Å². The van der Waals surface area contributed by atoms with Crippen LogP contribution in [0.3, 0.4) is 0 Å². The van der Waals surface area contributed by atoms with Crippen LogP contribution in [0, 0.1) is 17.0 Å². The Kier molecular flexibility index (Phi) is 5.29. The minimum Gasteiger partial charge on any atom is -0.473 e. The first kappa shape index (κ1) is 15.7. The number of hydrogen-bond donors (Lipinski definition) is 1. The van der Waals surface area contributed by atoms with Gasteiger partial charge in [0.1, 0.15) is 11.6 Å². The van der Waals surface area contributed by atoms with Crippen molar-refractivity contribution in [1.82, 2.24) is 9.97 Å². The van der Waals surface area contributed by atoms with Crippen molar-refractivity contribution in [3.63, 3.8) is 0 Å². The van der Waals surface area contributed by atoms with Crippen LogP contribution in [-0.2, 0) is 6.54 Å². The van der Waals surface area contributed by atoms with Gasteiger partial charge < -0.3 is 14.5 Å². The SMILES string of the molecule is CCCCOc1nc(C)nc(NCc2ccco2)c1[N+](=O)[O-]. The first-order chi connectivity index (χ1) is 10.6. The summed E-state index contributed by atoms with van der Waals surface area (Å²) in [6.07, 6.45) is 3.27. The van der Waals surface area contributed by atoms with E-state index >= 15 is 0 Å². The fraction of sp³-hybridized carbons (Fsp3) is 0.429. The van der Waals surface area contributed by atoms with Crippen molar-refractivity contribution in [2.45, 2.75) is 33.2 Å². The molecule has 0 bridgehead atoms. The van der Waals surface area contributed by atoms with Crippen LogP contribution in [0.15, 0.2) is 22.8 Å². The first-order valence-electron chi connectivity index (χ1n) is 7.04. The maximum absolute atomic E-state index is 11.3. The number of nitrogens with zero attached hydrogens (tertiary/aromatic N) is 3. The van der Waals surface area contributed by atoms with Crippen LogP contribution in [0.1, 0.15) is 31.4 Å². The standard InChI is InChI=1S/C14H18N4O4/c1-3-4-7-22-14-12(18(19)20)13(16-10(2)17-14)15-9-11-6-5-8-21-11/h5-6,8H,3-4,7,9H2,1-2H3,(H,15,16,17). The number of aryl methyl sites for hydroxylation is 1. The molecule has 0 fully saturated rings. The Morgan fingerprint density at radius 1 is 1.45 bits per heavy atom. The molecule has 0 atom stereocenters. The Morgan fingerprint density at radius 3 is 2.91 bits per heavy atom. The molecular weight excluding hydrogens is 288 g/mol. The summed E-state index contributed by atoms with van der Waals surface area (Å²) in [7, 11) is 0. The monoisotopic (exact) mass is 306 g/mol. The summed E-state index contributed by atoms with van der Waals surface area (Å²) in [6, 6.07) is 3.52. The van der Waals surface area contributed by atoms with E-state index in [0.717, 1.165) is 12.8 Å². The number of aromatic nitrogens is 2. The molecule has 118 valence electrons. The lowest BCUT2D eigenvalue weighted by Gasteiger charge is -2.10. The molecule has 0 saturated carbocycles. The quantitative estimate of drug-likeness (QED) is 0.454. The Hall–Kier alpha value is -2.64. The number of rotatable bonds is 8. The van der Waals surface area contributed by atoms with Crippen molar-refractivity contribution in [3.05, 3.63) is 40.1 Å². The lowest BCUT2D eigenvalue weighted by molar-refractivity contribution is -0.385. The third-order valence-corrected chi connectivity index (χ3v) is 2.89. The number of anilines is 1. The maximum Gasteiger partial charge on any atom is 0.372 e. The summed E-state index contributed by atoms with van der Waals surface area (Å²) in [6.45, 7) is 4.35. The molecule has 2 aromatic heterocycles. The molecule has 0 aliphatic carbocycles. The topological polar surface area (TPSA) is 103 Å². The molecule has 0 aromatic carbocycles. The third-order valence-electron chi connectivity index (χ3n) is 2.89. The van der Waals surface area contributed by atoms with E-state index in [1.807, 2.05) is 6.92 Å². The zero-order chi connectivity index (χ0) is 15.9. The molecule has 2 heterocycles. The molecule has 0 aliphatic rings. The average molecular weight is 306 g/mol. The van der Waals surface area contributed by atoms with E-state index < -0.39 is 4.92 Å². The number of nitrogens with one attached hydrogen (secondary N) is 1. The van der Waals surface area contributed by atoms with E-state index in [4.69, 9.17) is 9.15 Å². The fourth-order valence-electron chi connectivity index (χ4n) is 1.83. The minimum atomic E-state index is -0.537. The highest BCUT2D eigenvalue weighted by Gasteiger charge is 2.25. The van der Waals surface area contributed by atoms with E-state index in [1.165, 1.54) is 6.26 Å². The summed E-state index contributed by atoms with van der Waals surface area (Å²) in [4.78, 5) is 18.9. The van der Waals surface area contributed by atoms with E-state index in [-0.39, 0.29) is 17.4 Å². The van der Waals surface area contributed by atoms with Gasteiger partial charge in [-0.05, 0) is 25.5 Å². The zero-order valence-electron chi connectivity index (χ0n) is 12.5. The molecule has 2 rings (SSSR count). The number of ether oxygens (including phenoxy) is 1. The second-order valence-corrected chi connectivity index (χ2v) is 4.67. The van der Waals surface area contributed by atoms with E-state index in [2.05, 4.69) is 15.3 Å². The fourth-order valence-corrected chi connectivity index (χ4v) is 1.83. The van der Waals surface area contributed by atoms with Gasteiger partial charge in [0.25, 0.3) is 5.88 Å². The van der Waals surface area contributed by atoms with Crippen molar-refractivity contribution in [1.29, 1.82) is 0 Å². The molecule has 8 nitrogen and oxygen atoms in total. The van der Waals surface area contributed by atoms with Gasteiger partial charge in [-0.15, -0.1) is 0 Å². The summed E-state index contributed by atoms with van der Waals surface area (Å²) in [5.74, 6) is 1.17. The van der Waals surface area contributed by atoms with Gasteiger partial charge in [-0.1, -0.05) is 13.3 Å². The van der Waals surface area contributed by atoms with Gasteiger partial charge in [0.05, 0.1) is 24.3 Å². The average Bonchev–Trinajstić information content (AvgIpc) is 2.97. The molecule has 8 heteroatoms. The Morgan fingerprint density at radius 2 is 2.27 bits per heavy atom. The summed E-state index contributed by atoms with van der Waals surface area (Å²) in [5, 5.41) is 14.2. The van der Waals surface area contributed by atoms with E-state index in [0.29, 0.717) is 24.7 Å². The summed E-state index contributed by atoms with van der Waals surface area (Å²) < 4.78 is 10.6. The predicted molar refractivity (Wildman–Crippen MR) is 79.9 cm³/mol. The highest BCUT2D eigenvalue weighted by atomic mass is 16.6. The number of nitro groups is 1. The van der Waals surface area contributed by atoms with Gasteiger partial charge in [0.2, 0.25) is 5.82 Å². The van der Waals surface area contributed by atoms with Crippen molar-refractivity contribution < 1.29 is 14.1 Å². The highest BCUT2D eigenvalue weighted by molar-refractivity contribution is 5.61. The summed E-state index contributed by atoms with van der Waals surface area (Å²) >= 11 is 0. The molecule has 22 heavy (non-hydrogen) atoms. The second kappa shape index (κ2) is 7.39. The predicted octanol–water partition coefficient (Wildman–Crippen LogP) is 3.08. The minimum absolute atomic E-state index is 0.00658. The number of hydrogen-bond acceptors (Lipinski definition) is 7. The Bertz CT molecular complexity index is 628. The smallest absolute Gasteiger partial charge is 0.372 e. The molecule has 0 spiro atoms. The first-order valence-corrected chi connectivity index (χ1v) is 7.04. The van der Waals surface area contributed by atoms with Crippen LogP contribution in [0.5, 0.6) is 5.88 Å². The molecular formula is C14H18N4O4. The van der Waals surface area contributed by atoms with Gasteiger partial charge in [0.15, 0.2) is 0 Å². The van der Waals surface area contributed by atoms with Crippen LogP contribution in [-0.4, -0.2) is 21.5 Å². The third kappa shape index (κ3) is 3.94. The van der Waals surface area contributed by atoms with Crippen molar-refractivity contribution >= 4 is 11.5 Å². The van der Waals surface area contributed by atoms with E-state index in [9.17, 15) is 10.1 Å². The normalized spacial score (nSPS) is 10.5. The van der Waals surface area contributed by atoms with Crippen LogP contribution < -0.4 is 10.1 Å². The van der Waals surface area contributed by atoms with Crippen LogP contribution in [0.25, 0.3) is 0 Å². The van der Waals surface area contributed by atoms with Gasteiger partial charge in [-0.3, -0.25) is 10.1 Å². The molecule has 0 unspecified atom stereocenters. The molecule has 0 saturated heterocycles. The number of unbranched alkanes of at least 4 members (excludes halogenated alkanes) is 1. The van der Waals surface area contributed by atoms with Gasteiger partial charge in [-0.25, -0.2) is 4.98 Å². The largest absolute Gasteiger partial charge is 0.473 e. The molecule has 0 radical (unpaired) electrons. The van der Waals surface area contributed by atoms with Crippen molar-refractivity contribution in [3.8, 4) is 5.88 Å². The maximum atomic E-state index is 11.3. The lowest BCUT2D eigenvalue weighted by Crippen LogP contribution is -2.10. The molecule has 0 aliphatic heterocycles. The zero-order valence-corrected chi connectivity index (χ0v) is 12.5. The molecule has 2 aromatic rings. The van der Waals surface area contributed by atoms with Crippen molar-refractivity contribution in [2.24, 2.45) is 0 Å². The van der Waals surface area contributed by atoms with Crippen LogP contribution >= 0.6 is 0 Å². The second-order valence-electron chi connectivity index (χ2n) is 4.67. The van der Waals surface area contributed by atoms with Crippen LogP contribution in [0.2, 0.25) is 0 Å². The molecule has 1 N–H and O–H groups in total. The van der Waals surface area contributed by atoms with Gasteiger partial charge in [0, 0.05) is 0 Å². The lowest BCUT2D eigenvalue weighted by atomic mass is 10.3. The summed E-state index contributed by atoms with van der Waals surface area (Å²) in [5.41, 5.74) is -0.256. The molecule has 0 amide bonds. The van der Waals surface area contributed by atoms with Gasteiger partial charge in [-0.2, -0.15) is 4.98 Å². The highest BCUT2D eigenvalue weighted by Crippen LogP contribution is 2.32.